The average molecular weight is 434 g/mol. The van der Waals surface area contributed by atoms with E-state index in [9.17, 15) is 21.6 Å². The molecule has 29 heavy (non-hydrogen) atoms. The highest BCUT2D eigenvalue weighted by Crippen LogP contribution is 2.41. The molecule has 0 aliphatic heterocycles. The third kappa shape index (κ3) is 3.83. The monoisotopic (exact) mass is 434 g/mol. The van der Waals surface area contributed by atoms with Gasteiger partial charge in [-0.25, -0.2) is 4.98 Å². The van der Waals surface area contributed by atoms with Crippen LogP contribution in [0.3, 0.4) is 0 Å². The maximum atomic E-state index is 12.8. The zero-order valence-corrected chi connectivity index (χ0v) is 16.3. The zero-order chi connectivity index (χ0) is 20.6. The van der Waals surface area contributed by atoms with Gasteiger partial charge in [-0.1, -0.05) is 78.1 Å². The predicted octanol–water partition coefficient (Wildman–Crippen LogP) is 5.89. The molecule has 0 bridgehead atoms. The van der Waals surface area contributed by atoms with Crippen molar-refractivity contribution < 1.29 is 21.6 Å². The molecule has 0 fully saturated rings. The van der Waals surface area contributed by atoms with Gasteiger partial charge in [0.2, 0.25) is 0 Å². The van der Waals surface area contributed by atoms with Crippen molar-refractivity contribution in [2.75, 3.05) is 4.72 Å². The fraction of sp³-hybridized carbons (Fsp3) is 0.0500. The molecule has 0 spiro atoms. The summed E-state index contributed by atoms with van der Waals surface area (Å²) in [5.74, 6) is 0. The highest BCUT2D eigenvalue weighted by atomic mass is 32.2. The van der Waals surface area contributed by atoms with Crippen LogP contribution in [0, 0.1) is 0 Å². The van der Waals surface area contributed by atoms with E-state index in [1.54, 1.807) is 35.1 Å². The fourth-order valence-electron chi connectivity index (χ4n) is 2.85. The molecule has 1 N–H and O–H groups in total. The minimum absolute atomic E-state index is 0.343. The van der Waals surface area contributed by atoms with Gasteiger partial charge in [-0.3, -0.25) is 4.72 Å². The van der Waals surface area contributed by atoms with Crippen LogP contribution in [0.25, 0.3) is 32.5 Å². The molecular weight excluding hydrogens is 421 g/mol. The Hall–Kier alpha value is -2.91. The van der Waals surface area contributed by atoms with E-state index >= 15 is 0 Å². The second-order valence-electron chi connectivity index (χ2n) is 6.18. The molecule has 0 aliphatic carbocycles. The summed E-state index contributed by atoms with van der Waals surface area (Å²) in [4.78, 5) is 4.73. The summed E-state index contributed by atoms with van der Waals surface area (Å²) in [7, 11) is -5.56. The van der Waals surface area contributed by atoms with Crippen LogP contribution in [0.2, 0.25) is 0 Å². The van der Waals surface area contributed by atoms with Gasteiger partial charge in [0.05, 0.1) is 10.6 Å². The molecule has 1 aromatic heterocycles. The van der Waals surface area contributed by atoms with E-state index in [0.717, 1.165) is 27.7 Å². The van der Waals surface area contributed by atoms with Gasteiger partial charge in [0.25, 0.3) is 0 Å². The van der Waals surface area contributed by atoms with Crippen LogP contribution in [-0.4, -0.2) is 18.9 Å². The van der Waals surface area contributed by atoms with Crippen LogP contribution >= 0.6 is 11.3 Å². The number of alkyl halides is 3. The van der Waals surface area contributed by atoms with Crippen LogP contribution in [0.1, 0.15) is 0 Å². The number of fused-ring (bicyclic) bond motifs is 1. The predicted molar refractivity (Wildman–Crippen MR) is 109 cm³/mol. The second-order valence-corrected chi connectivity index (χ2v) is 8.85. The summed E-state index contributed by atoms with van der Waals surface area (Å²) in [6, 6.07) is 22.2. The van der Waals surface area contributed by atoms with Gasteiger partial charge in [-0.05, 0) is 22.4 Å². The van der Waals surface area contributed by atoms with Crippen molar-refractivity contribution in [3.63, 3.8) is 0 Å². The SMILES string of the molecule is O=S(=O)(Nc1nc(-c2ccccc2)c(-c2ccc3ccccc3c2)s1)C(F)(F)F. The first kappa shape index (κ1) is 19.4. The van der Waals surface area contributed by atoms with Crippen molar-refractivity contribution >= 4 is 37.3 Å². The van der Waals surface area contributed by atoms with Gasteiger partial charge in [-0.2, -0.15) is 21.6 Å². The van der Waals surface area contributed by atoms with Gasteiger partial charge in [0.15, 0.2) is 5.13 Å². The minimum Gasteiger partial charge on any atom is -0.251 e. The van der Waals surface area contributed by atoms with Crippen molar-refractivity contribution in [3.8, 4) is 21.7 Å². The third-order valence-electron chi connectivity index (χ3n) is 4.21. The number of nitrogens with one attached hydrogen (secondary N) is 1. The zero-order valence-electron chi connectivity index (χ0n) is 14.6. The molecule has 3 aromatic carbocycles. The quantitative estimate of drug-likeness (QED) is 0.436. The minimum atomic E-state index is -5.56. The Bertz CT molecular complexity index is 1280. The lowest BCUT2D eigenvalue weighted by Gasteiger charge is -2.07. The summed E-state index contributed by atoms with van der Waals surface area (Å²) in [5, 5.41) is 1.62. The summed E-state index contributed by atoms with van der Waals surface area (Å²) in [6.45, 7) is 0. The van der Waals surface area contributed by atoms with E-state index in [2.05, 4.69) is 4.98 Å². The van der Waals surface area contributed by atoms with E-state index in [1.807, 2.05) is 42.5 Å². The Balaban J connectivity index is 1.86. The number of thiazole rings is 1. The van der Waals surface area contributed by atoms with Gasteiger partial charge in [0, 0.05) is 5.56 Å². The molecule has 0 atom stereocenters. The van der Waals surface area contributed by atoms with Crippen LogP contribution in [-0.2, 0) is 10.0 Å². The smallest absolute Gasteiger partial charge is 0.251 e. The highest BCUT2D eigenvalue weighted by molar-refractivity contribution is 7.93. The standard InChI is InChI=1S/C20H13F3N2O2S2/c21-20(22,23)29(26,27)25-19-24-17(14-7-2-1-3-8-14)18(28-19)16-11-10-13-6-4-5-9-15(13)12-16/h1-12H,(H,24,25). The Labute approximate surface area is 168 Å². The van der Waals surface area contributed by atoms with Gasteiger partial charge in [-0.15, -0.1) is 0 Å². The topological polar surface area (TPSA) is 59.1 Å². The number of rotatable bonds is 4. The second kappa shape index (κ2) is 7.16. The number of halogens is 3. The van der Waals surface area contributed by atoms with E-state index in [-0.39, 0.29) is 5.13 Å². The number of sulfonamides is 1. The number of hydrogen-bond acceptors (Lipinski definition) is 4. The lowest BCUT2D eigenvalue weighted by atomic mass is 10.0. The largest absolute Gasteiger partial charge is 0.516 e. The lowest BCUT2D eigenvalue weighted by Crippen LogP contribution is -2.29. The van der Waals surface area contributed by atoms with E-state index < -0.39 is 15.5 Å². The average Bonchev–Trinajstić information content (AvgIpc) is 3.10. The fourth-order valence-corrected chi connectivity index (χ4v) is 4.58. The van der Waals surface area contributed by atoms with Crippen LogP contribution in [0.5, 0.6) is 0 Å². The molecular formula is C20H13F3N2O2S2. The number of anilines is 1. The molecule has 148 valence electrons. The Kier molecular flexibility index (Phi) is 4.79. The van der Waals surface area contributed by atoms with Crippen molar-refractivity contribution in [2.45, 2.75) is 5.51 Å². The van der Waals surface area contributed by atoms with Gasteiger partial charge >= 0.3 is 15.5 Å². The Morgan fingerprint density at radius 3 is 2.17 bits per heavy atom. The molecule has 4 rings (SSSR count). The summed E-state index contributed by atoms with van der Waals surface area (Å²) in [6.07, 6.45) is 0. The molecule has 0 saturated carbocycles. The molecule has 0 unspecified atom stereocenters. The first-order chi connectivity index (χ1) is 13.7. The number of hydrogen-bond donors (Lipinski definition) is 1. The molecule has 0 radical (unpaired) electrons. The maximum absolute atomic E-state index is 12.8. The van der Waals surface area contributed by atoms with Crippen molar-refractivity contribution in [1.29, 1.82) is 0 Å². The van der Waals surface area contributed by atoms with Crippen molar-refractivity contribution in [3.05, 3.63) is 72.8 Å². The molecule has 9 heteroatoms. The number of nitrogens with zero attached hydrogens (tertiary/aromatic N) is 1. The van der Waals surface area contributed by atoms with Crippen molar-refractivity contribution in [2.24, 2.45) is 0 Å². The number of benzene rings is 3. The Morgan fingerprint density at radius 2 is 1.48 bits per heavy atom. The first-order valence-corrected chi connectivity index (χ1v) is 10.7. The molecule has 1 heterocycles. The normalized spacial score (nSPS) is 12.2. The third-order valence-corrected chi connectivity index (χ3v) is 6.43. The van der Waals surface area contributed by atoms with E-state index in [4.69, 9.17) is 0 Å². The van der Waals surface area contributed by atoms with Crippen molar-refractivity contribution in [1.82, 2.24) is 4.98 Å². The molecule has 0 saturated heterocycles. The van der Waals surface area contributed by atoms with Crippen LogP contribution in [0.4, 0.5) is 18.3 Å². The molecule has 0 aliphatic rings. The summed E-state index contributed by atoms with van der Waals surface area (Å²) < 4.78 is 62.9. The van der Waals surface area contributed by atoms with E-state index in [1.165, 1.54) is 0 Å². The van der Waals surface area contributed by atoms with E-state index in [0.29, 0.717) is 16.1 Å². The molecule has 4 aromatic rings. The molecule has 0 amide bonds. The first-order valence-electron chi connectivity index (χ1n) is 8.39. The highest BCUT2D eigenvalue weighted by Gasteiger charge is 2.46. The lowest BCUT2D eigenvalue weighted by molar-refractivity contribution is -0.0429. The van der Waals surface area contributed by atoms with Gasteiger partial charge < -0.3 is 0 Å². The van der Waals surface area contributed by atoms with Crippen LogP contribution < -0.4 is 4.72 Å². The Morgan fingerprint density at radius 1 is 0.828 bits per heavy atom. The molecule has 4 nitrogen and oxygen atoms in total. The number of aromatic nitrogens is 1. The van der Waals surface area contributed by atoms with Gasteiger partial charge in [0.1, 0.15) is 0 Å². The van der Waals surface area contributed by atoms with Crippen LogP contribution in [0.15, 0.2) is 72.8 Å². The summed E-state index contributed by atoms with van der Waals surface area (Å²) in [5.41, 5.74) is -3.61. The maximum Gasteiger partial charge on any atom is 0.516 e. The summed E-state index contributed by atoms with van der Waals surface area (Å²) >= 11 is 0.858.